The summed E-state index contributed by atoms with van der Waals surface area (Å²) in [5.74, 6) is -0.899. The van der Waals surface area contributed by atoms with Gasteiger partial charge in [0.1, 0.15) is 11.6 Å². The van der Waals surface area contributed by atoms with E-state index in [2.05, 4.69) is 0 Å². The highest BCUT2D eigenvalue weighted by Gasteiger charge is 2.25. The smallest absolute Gasteiger partial charge is 0.271 e. The number of rotatable bonds is 3. The van der Waals surface area contributed by atoms with E-state index in [9.17, 15) is 20.0 Å². The quantitative estimate of drug-likeness (QED) is 0.876. The fourth-order valence-electron chi connectivity index (χ4n) is 2.42. The van der Waals surface area contributed by atoms with E-state index in [4.69, 9.17) is 11.6 Å². The van der Waals surface area contributed by atoms with Crippen LogP contribution in [0.15, 0.2) is 29.1 Å². The van der Waals surface area contributed by atoms with Gasteiger partial charge in [-0.05, 0) is 50.6 Å². The van der Waals surface area contributed by atoms with Gasteiger partial charge in [-0.1, -0.05) is 11.6 Å². The molecule has 0 aliphatic carbocycles. The minimum Gasteiger partial charge on any atom is -0.494 e. The van der Waals surface area contributed by atoms with Gasteiger partial charge in [0, 0.05) is 16.6 Å². The first-order valence-corrected chi connectivity index (χ1v) is 7.35. The topological polar surface area (TPSA) is 83.1 Å². The fraction of sp³-hybridized carbons (Fsp3) is 0.235. The number of hydrogen-bond acceptors (Lipinski definition) is 4. The predicted molar refractivity (Wildman–Crippen MR) is 87.1 cm³/mol. The molecule has 0 unspecified atom stereocenters. The number of halogens is 1. The van der Waals surface area contributed by atoms with Crippen molar-refractivity contribution in [3.05, 3.63) is 61.9 Å². The summed E-state index contributed by atoms with van der Waals surface area (Å²) in [5, 5.41) is 20.1. The number of hydrogen-bond donors (Lipinski definition) is 1. The number of benzene rings is 1. The molecule has 0 radical (unpaired) electrons. The lowest BCUT2D eigenvalue weighted by Gasteiger charge is -2.18. The first-order chi connectivity index (χ1) is 10.8. The summed E-state index contributed by atoms with van der Waals surface area (Å²) in [6.07, 6.45) is 0. The van der Waals surface area contributed by atoms with Gasteiger partial charge in [-0.3, -0.25) is 14.2 Å². The van der Waals surface area contributed by atoms with Crippen LogP contribution in [0.4, 0.5) is 0 Å². The van der Waals surface area contributed by atoms with E-state index in [1.165, 1.54) is 19.1 Å². The fourth-order valence-corrected chi connectivity index (χ4v) is 2.54. The molecule has 0 aliphatic heterocycles. The van der Waals surface area contributed by atoms with Gasteiger partial charge < -0.3 is 5.11 Å². The molecule has 2 rings (SSSR count). The van der Waals surface area contributed by atoms with Gasteiger partial charge in [0.05, 0.1) is 5.56 Å². The molecule has 2 aromatic rings. The van der Waals surface area contributed by atoms with Gasteiger partial charge in [-0.2, -0.15) is 5.26 Å². The lowest BCUT2D eigenvalue weighted by molar-refractivity contribution is 0.103. The van der Waals surface area contributed by atoms with Crippen molar-refractivity contribution in [2.24, 2.45) is 0 Å². The Hall–Kier alpha value is -2.58. The highest BCUT2D eigenvalue weighted by Crippen LogP contribution is 2.27. The molecule has 6 heteroatoms. The van der Waals surface area contributed by atoms with Crippen molar-refractivity contribution < 1.29 is 9.90 Å². The van der Waals surface area contributed by atoms with Crippen LogP contribution in [-0.4, -0.2) is 15.5 Å². The van der Waals surface area contributed by atoms with E-state index in [0.717, 1.165) is 4.57 Å². The molecule has 0 atom stereocenters. The van der Waals surface area contributed by atoms with Gasteiger partial charge >= 0.3 is 0 Å². The average molecular weight is 331 g/mol. The molecule has 0 saturated heterocycles. The Morgan fingerprint density at radius 2 is 1.87 bits per heavy atom. The molecule has 118 valence electrons. The van der Waals surface area contributed by atoms with Crippen LogP contribution in [0.1, 0.15) is 46.9 Å². The maximum absolute atomic E-state index is 12.7. The van der Waals surface area contributed by atoms with E-state index < -0.39 is 23.3 Å². The molecule has 0 bridgehead atoms. The number of nitriles is 1. The number of aromatic hydroxyl groups is 1. The summed E-state index contributed by atoms with van der Waals surface area (Å²) >= 11 is 5.81. The molecule has 1 aromatic heterocycles. The molecule has 5 nitrogen and oxygen atoms in total. The van der Waals surface area contributed by atoms with E-state index in [1.807, 2.05) is 6.07 Å². The third-order valence-electron chi connectivity index (χ3n) is 3.60. The van der Waals surface area contributed by atoms with Crippen LogP contribution in [0.25, 0.3) is 0 Å². The molecule has 1 heterocycles. The van der Waals surface area contributed by atoms with Crippen LogP contribution in [0.5, 0.6) is 5.88 Å². The minimum absolute atomic E-state index is 0.0443. The van der Waals surface area contributed by atoms with Crippen LogP contribution in [0.3, 0.4) is 0 Å². The summed E-state index contributed by atoms with van der Waals surface area (Å²) in [6, 6.07) is 7.60. The summed E-state index contributed by atoms with van der Waals surface area (Å²) < 4.78 is 1.05. The van der Waals surface area contributed by atoms with Crippen LogP contribution in [-0.2, 0) is 0 Å². The third-order valence-corrected chi connectivity index (χ3v) is 3.85. The summed E-state index contributed by atoms with van der Waals surface area (Å²) in [6.45, 7) is 4.86. The number of pyridine rings is 1. The zero-order valence-electron chi connectivity index (χ0n) is 12.9. The van der Waals surface area contributed by atoms with Gasteiger partial charge in [0.15, 0.2) is 5.78 Å². The van der Waals surface area contributed by atoms with Crippen molar-refractivity contribution in [3.63, 3.8) is 0 Å². The Labute approximate surface area is 138 Å². The van der Waals surface area contributed by atoms with Crippen LogP contribution in [0.2, 0.25) is 5.02 Å². The summed E-state index contributed by atoms with van der Waals surface area (Å²) in [4.78, 5) is 25.0. The number of carbonyl (C=O) groups excluding carboxylic acids is 1. The molecule has 0 saturated carbocycles. The molecule has 1 aromatic carbocycles. The Balaban J connectivity index is 2.79. The number of nitrogens with zero attached hydrogens (tertiary/aromatic N) is 2. The van der Waals surface area contributed by atoms with E-state index in [0.29, 0.717) is 10.6 Å². The number of ketones is 1. The van der Waals surface area contributed by atoms with Crippen molar-refractivity contribution >= 4 is 17.4 Å². The van der Waals surface area contributed by atoms with Crippen molar-refractivity contribution in [1.29, 1.82) is 5.26 Å². The highest BCUT2D eigenvalue weighted by atomic mass is 35.5. The SMILES string of the molecule is Cc1c(C(=O)c2ccc(Cl)cc2)c(O)n(C(C)C)c(=O)c1C#N. The van der Waals surface area contributed by atoms with Gasteiger partial charge in [0.25, 0.3) is 5.56 Å². The minimum atomic E-state index is -0.606. The van der Waals surface area contributed by atoms with Crippen molar-refractivity contribution in [1.82, 2.24) is 4.57 Å². The van der Waals surface area contributed by atoms with E-state index >= 15 is 0 Å². The Kier molecular flexibility index (Phi) is 4.57. The Morgan fingerprint density at radius 1 is 1.30 bits per heavy atom. The normalized spacial score (nSPS) is 10.6. The summed E-state index contributed by atoms with van der Waals surface area (Å²) in [5.41, 5.74) is -0.311. The van der Waals surface area contributed by atoms with Gasteiger partial charge in [-0.25, -0.2) is 0 Å². The highest BCUT2D eigenvalue weighted by molar-refractivity contribution is 6.30. The lowest BCUT2D eigenvalue weighted by atomic mass is 9.97. The molecular weight excluding hydrogens is 316 g/mol. The zero-order valence-corrected chi connectivity index (χ0v) is 13.7. The second kappa shape index (κ2) is 6.27. The van der Waals surface area contributed by atoms with Gasteiger partial charge in [-0.15, -0.1) is 0 Å². The van der Waals surface area contributed by atoms with Gasteiger partial charge in [0.2, 0.25) is 5.88 Å². The second-order valence-corrected chi connectivity index (χ2v) is 5.85. The largest absolute Gasteiger partial charge is 0.494 e. The lowest BCUT2D eigenvalue weighted by Crippen LogP contribution is -2.28. The molecule has 23 heavy (non-hydrogen) atoms. The molecule has 0 aliphatic rings. The van der Waals surface area contributed by atoms with Crippen LogP contribution >= 0.6 is 11.6 Å². The van der Waals surface area contributed by atoms with Crippen molar-refractivity contribution in [2.75, 3.05) is 0 Å². The summed E-state index contributed by atoms with van der Waals surface area (Å²) in [7, 11) is 0. The zero-order chi connectivity index (χ0) is 17.3. The standard InChI is InChI=1S/C17H15ClN2O3/c1-9(2)20-16(22)13(8-19)10(3)14(17(20)23)15(21)11-4-6-12(18)7-5-11/h4-7,9,23H,1-3H3. The van der Waals surface area contributed by atoms with Crippen molar-refractivity contribution in [2.45, 2.75) is 26.8 Å². The molecule has 1 N–H and O–H groups in total. The first-order valence-electron chi connectivity index (χ1n) is 6.98. The maximum Gasteiger partial charge on any atom is 0.271 e. The van der Waals surface area contributed by atoms with Crippen LogP contribution < -0.4 is 5.56 Å². The Bertz CT molecular complexity index is 875. The molecule has 0 spiro atoms. The number of carbonyl (C=O) groups is 1. The second-order valence-electron chi connectivity index (χ2n) is 5.42. The van der Waals surface area contributed by atoms with E-state index in [1.54, 1.807) is 26.0 Å². The van der Waals surface area contributed by atoms with E-state index in [-0.39, 0.29) is 16.7 Å². The maximum atomic E-state index is 12.7. The molecular formula is C17H15ClN2O3. The van der Waals surface area contributed by atoms with Crippen molar-refractivity contribution in [3.8, 4) is 11.9 Å². The average Bonchev–Trinajstić information content (AvgIpc) is 2.47. The number of aromatic nitrogens is 1. The van der Waals surface area contributed by atoms with Crippen LogP contribution in [0, 0.1) is 18.3 Å². The predicted octanol–water partition coefficient (Wildman–Crippen LogP) is 3.20. The third kappa shape index (κ3) is 2.86. The monoisotopic (exact) mass is 330 g/mol. The Morgan fingerprint density at radius 3 is 2.35 bits per heavy atom. The molecule has 0 amide bonds. The molecule has 0 fully saturated rings. The first kappa shape index (κ1) is 16.8.